The van der Waals surface area contributed by atoms with Gasteiger partial charge in [-0.05, 0) is 30.2 Å². The van der Waals surface area contributed by atoms with E-state index >= 15 is 0 Å². The minimum absolute atomic E-state index is 0.232. The second-order valence-electron chi connectivity index (χ2n) is 6.09. The molecule has 158 valence electrons. The molecule has 2 aromatic carbocycles. The van der Waals surface area contributed by atoms with Crippen LogP contribution in [0, 0.1) is 20.2 Å². The van der Waals surface area contributed by atoms with E-state index in [1.807, 2.05) is 19.1 Å². The summed E-state index contributed by atoms with van der Waals surface area (Å²) in [7, 11) is 0. The number of para-hydroxylation sites is 1. The number of benzene rings is 2. The van der Waals surface area contributed by atoms with Gasteiger partial charge in [0.1, 0.15) is 17.6 Å². The molecule has 0 radical (unpaired) electrons. The van der Waals surface area contributed by atoms with Gasteiger partial charge in [-0.15, -0.1) is 0 Å². The Bertz CT molecular complexity index is 1130. The number of hydrogen-bond donors (Lipinski definition) is 2. The predicted molar refractivity (Wildman–Crippen MR) is 109 cm³/mol. The lowest BCUT2D eigenvalue weighted by Gasteiger charge is -2.10. The van der Waals surface area contributed by atoms with Crippen LogP contribution in [-0.2, 0) is 6.42 Å². The molecule has 0 aliphatic carbocycles. The number of nitro benzene ring substituents is 1. The van der Waals surface area contributed by atoms with Crippen molar-refractivity contribution in [3.8, 4) is 11.6 Å². The van der Waals surface area contributed by atoms with Crippen molar-refractivity contribution in [3.05, 3.63) is 86.2 Å². The van der Waals surface area contributed by atoms with Crippen molar-refractivity contribution in [2.24, 2.45) is 0 Å². The average Bonchev–Trinajstić information content (AvgIpc) is 2.77. The zero-order valence-electron chi connectivity index (χ0n) is 16.1. The van der Waals surface area contributed by atoms with Gasteiger partial charge in [-0.3, -0.25) is 35.9 Å². The number of nitro groups is 2. The SMILES string of the molecule is CCc1ccc(Oc2ncnc(NNC(=O)c3ccccc3[N+](=O)[O-])c2[N+](=O)[O-])cc1. The van der Waals surface area contributed by atoms with Crippen LogP contribution in [-0.4, -0.2) is 25.7 Å². The van der Waals surface area contributed by atoms with E-state index in [2.05, 4.69) is 20.8 Å². The zero-order chi connectivity index (χ0) is 22.4. The zero-order valence-corrected chi connectivity index (χ0v) is 16.1. The third kappa shape index (κ3) is 4.87. The maximum absolute atomic E-state index is 12.3. The normalized spacial score (nSPS) is 10.2. The number of ether oxygens (including phenoxy) is 1. The van der Waals surface area contributed by atoms with Crippen LogP contribution in [0.2, 0.25) is 0 Å². The van der Waals surface area contributed by atoms with E-state index in [0.717, 1.165) is 24.4 Å². The van der Waals surface area contributed by atoms with E-state index in [4.69, 9.17) is 4.74 Å². The molecule has 3 aromatic rings. The maximum Gasteiger partial charge on any atom is 0.374 e. The molecule has 31 heavy (non-hydrogen) atoms. The Balaban J connectivity index is 1.83. The standard InChI is InChI=1S/C19H16N6O6/c1-2-12-7-9-13(10-8-12)31-19-16(25(29)30)17(20-11-21-19)22-23-18(26)14-5-3-4-6-15(14)24(27)28/h3-11H,2H2,1H3,(H,23,26)(H,20,21,22). The number of aryl methyl sites for hydroxylation is 1. The van der Waals surface area contributed by atoms with Gasteiger partial charge < -0.3 is 4.74 Å². The van der Waals surface area contributed by atoms with Crippen LogP contribution >= 0.6 is 0 Å². The van der Waals surface area contributed by atoms with Gasteiger partial charge >= 0.3 is 11.6 Å². The third-order valence-corrected chi connectivity index (χ3v) is 4.16. The molecule has 12 nitrogen and oxygen atoms in total. The Hall–Kier alpha value is -4.61. The molecule has 0 aliphatic heterocycles. The van der Waals surface area contributed by atoms with E-state index in [0.29, 0.717) is 5.75 Å². The van der Waals surface area contributed by atoms with Crippen LogP contribution in [0.1, 0.15) is 22.8 Å². The third-order valence-electron chi connectivity index (χ3n) is 4.16. The Morgan fingerprint density at radius 2 is 1.74 bits per heavy atom. The Labute approximate surface area is 175 Å². The molecule has 12 heteroatoms. The van der Waals surface area contributed by atoms with Crippen molar-refractivity contribution in [1.29, 1.82) is 0 Å². The van der Waals surface area contributed by atoms with Crippen LogP contribution in [0.3, 0.4) is 0 Å². The molecule has 1 amide bonds. The molecular formula is C19H16N6O6. The van der Waals surface area contributed by atoms with Crippen molar-refractivity contribution >= 4 is 23.1 Å². The number of carbonyl (C=O) groups is 1. The van der Waals surface area contributed by atoms with Crippen molar-refractivity contribution < 1.29 is 19.4 Å². The lowest BCUT2D eigenvalue weighted by Crippen LogP contribution is -2.30. The molecular weight excluding hydrogens is 408 g/mol. The van der Waals surface area contributed by atoms with Gasteiger partial charge in [-0.25, -0.2) is 4.98 Å². The number of aromatic nitrogens is 2. The number of rotatable bonds is 8. The van der Waals surface area contributed by atoms with Gasteiger partial charge in [0.2, 0.25) is 5.82 Å². The van der Waals surface area contributed by atoms with Crippen LogP contribution in [0.5, 0.6) is 11.6 Å². The largest absolute Gasteiger partial charge is 0.434 e. The lowest BCUT2D eigenvalue weighted by molar-refractivity contribution is -0.385. The van der Waals surface area contributed by atoms with Crippen LogP contribution in [0.4, 0.5) is 17.2 Å². The first-order valence-corrected chi connectivity index (χ1v) is 8.96. The fraction of sp³-hybridized carbons (Fsp3) is 0.105. The molecule has 0 unspecified atom stereocenters. The molecule has 0 saturated carbocycles. The second-order valence-corrected chi connectivity index (χ2v) is 6.09. The molecule has 1 aromatic heterocycles. The van der Waals surface area contributed by atoms with Gasteiger partial charge in [0.15, 0.2) is 0 Å². The maximum atomic E-state index is 12.3. The molecule has 0 spiro atoms. The van der Waals surface area contributed by atoms with Crippen molar-refractivity contribution in [1.82, 2.24) is 15.4 Å². The Morgan fingerprint density at radius 3 is 2.39 bits per heavy atom. The van der Waals surface area contributed by atoms with E-state index in [1.165, 1.54) is 18.2 Å². The van der Waals surface area contributed by atoms with Crippen molar-refractivity contribution in [3.63, 3.8) is 0 Å². The first-order chi connectivity index (χ1) is 14.9. The minimum atomic E-state index is -0.877. The number of carbonyl (C=O) groups excluding carboxylic acids is 1. The molecule has 0 saturated heterocycles. The molecule has 0 atom stereocenters. The summed E-state index contributed by atoms with van der Waals surface area (Å²) >= 11 is 0. The van der Waals surface area contributed by atoms with Gasteiger partial charge in [-0.2, -0.15) is 4.98 Å². The van der Waals surface area contributed by atoms with Crippen LogP contribution in [0.15, 0.2) is 54.9 Å². The molecule has 2 N–H and O–H groups in total. The predicted octanol–water partition coefficient (Wildman–Crippen LogP) is 3.40. The Morgan fingerprint density at radius 1 is 1.03 bits per heavy atom. The topological polar surface area (TPSA) is 162 Å². The summed E-state index contributed by atoms with van der Waals surface area (Å²) in [5.41, 5.74) is 4.27. The first-order valence-electron chi connectivity index (χ1n) is 8.96. The highest BCUT2D eigenvalue weighted by atomic mass is 16.6. The van der Waals surface area contributed by atoms with Gasteiger partial charge in [-0.1, -0.05) is 31.2 Å². The molecule has 0 fully saturated rings. The molecule has 1 heterocycles. The number of nitrogens with zero attached hydrogens (tertiary/aromatic N) is 4. The van der Waals surface area contributed by atoms with E-state index < -0.39 is 27.1 Å². The van der Waals surface area contributed by atoms with Gasteiger partial charge in [0.05, 0.1) is 9.85 Å². The number of anilines is 1. The fourth-order valence-electron chi connectivity index (χ4n) is 2.61. The monoisotopic (exact) mass is 424 g/mol. The quantitative estimate of drug-likeness (QED) is 0.407. The van der Waals surface area contributed by atoms with Crippen molar-refractivity contribution in [2.45, 2.75) is 13.3 Å². The van der Waals surface area contributed by atoms with Gasteiger partial charge in [0, 0.05) is 6.07 Å². The number of amides is 1. The fourth-order valence-corrected chi connectivity index (χ4v) is 2.61. The smallest absolute Gasteiger partial charge is 0.374 e. The van der Waals surface area contributed by atoms with Gasteiger partial charge in [0.25, 0.3) is 11.6 Å². The van der Waals surface area contributed by atoms with Crippen LogP contribution < -0.4 is 15.6 Å². The summed E-state index contributed by atoms with van der Waals surface area (Å²) in [5.74, 6) is -1.24. The molecule has 3 rings (SSSR count). The summed E-state index contributed by atoms with van der Waals surface area (Å²) < 4.78 is 5.52. The van der Waals surface area contributed by atoms with Crippen molar-refractivity contribution in [2.75, 3.05) is 5.43 Å². The number of nitrogens with one attached hydrogen (secondary N) is 2. The minimum Gasteiger partial charge on any atom is -0.434 e. The highest BCUT2D eigenvalue weighted by Gasteiger charge is 2.26. The summed E-state index contributed by atoms with van der Waals surface area (Å²) in [4.78, 5) is 41.1. The summed E-state index contributed by atoms with van der Waals surface area (Å²) in [6, 6.07) is 12.2. The summed E-state index contributed by atoms with van der Waals surface area (Å²) in [6.07, 6.45) is 1.84. The highest BCUT2D eigenvalue weighted by Crippen LogP contribution is 2.33. The molecule has 0 bridgehead atoms. The number of hydrogen-bond acceptors (Lipinski definition) is 9. The van der Waals surface area contributed by atoms with E-state index in [-0.39, 0.29) is 17.3 Å². The first kappa shape index (κ1) is 21.1. The number of hydrazine groups is 1. The Kier molecular flexibility index (Phi) is 6.30. The second kappa shape index (κ2) is 9.26. The van der Waals surface area contributed by atoms with Crippen LogP contribution in [0.25, 0.3) is 0 Å². The molecule has 0 aliphatic rings. The summed E-state index contributed by atoms with van der Waals surface area (Å²) in [5, 5.41) is 22.7. The van der Waals surface area contributed by atoms with E-state index in [9.17, 15) is 25.0 Å². The summed E-state index contributed by atoms with van der Waals surface area (Å²) in [6.45, 7) is 1.99. The highest BCUT2D eigenvalue weighted by molar-refractivity contribution is 5.98. The van der Waals surface area contributed by atoms with E-state index in [1.54, 1.807) is 12.1 Å². The average molecular weight is 424 g/mol. The lowest BCUT2D eigenvalue weighted by atomic mass is 10.2.